The van der Waals surface area contributed by atoms with E-state index in [1.165, 1.54) is 18.2 Å². The molecule has 1 aromatic heterocycles. The van der Waals surface area contributed by atoms with Gasteiger partial charge in [0.25, 0.3) is 17.5 Å². The van der Waals surface area contributed by atoms with Crippen molar-refractivity contribution >= 4 is 75.8 Å². The number of H-pyrrole nitrogens is 1. The third-order valence-corrected chi connectivity index (χ3v) is 12.1. The molecule has 26 heteroatoms. The van der Waals surface area contributed by atoms with Crippen LogP contribution in [-0.4, -0.2) is 177 Å². The molecule has 26 nitrogen and oxygen atoms in total. The lowest BCUT2D eigenvalue weighted by Gasteiger charge is -2.26. The van der Waals surface area contributed by atoms with Gasteiger partial charge in [0, 0.05) is 101 Å². The summed E-state index contributed by atoms with van der Waals surface area (Å²) >= 11 is 0. The third-order valence-electron chi connectivity index (χ3n) is 12.1. The number of amides is 7. The Hall–Kier alpha value is -7.84. The van der Waals surface area contributed by atoms with Gasteiger partial charge in [-0.05, 0) is 30.9 Å². The molecule has 3 heterocycles. The summed E-state index contributed by atoms with van der Waals surface area (Å²) in [6.45, 7) is 2.06. The van der Waals surface area contributed by atoms with Gasteiger partial charge in [-0.3, -0.25) is 68.0 Å². The van der Waals surface area contributed by atoms with Crippen molar-refractivity contribution in [2.75, 3.05) is 65.4 Å². The van der Waals surface area contributed by atoms with Crippen LogP contribution >= 0.6 is 0 Å². The number of para-hydroxylation sites is 2. The highest BCUT2D eigenvalue weighted by molar-refractivity contribution is 6.01. The Morgan fingerprint density at radius 2 is 1.32 bits per heavy atom. The number of rotatable bonds is 27. The molecule has 0 saturated carbocycles. The molecule has 2 aromatic carbocycles. The summed E-state index contributed by atoms with van der Waals surface area (Å²) < 4.78 is 0. The van der Waals surface area contributed by atoms with Gasteiger partial charge in [0.2, 0.25) is 29.5 Å². The number of hydroxylamine groups is 2. The Labute approximate surface area is 418 Å². The lowest BCUT2D eigenvalue weighted by atomic mass is 9.99. The number of primary amides is 1. The number of nitrogens with one attached hydrogen (secondary N) is 5. The minimum Gasteiger partial charge on any atom is -0.480 e. The molecule has 9 N–H and O–H groups in total. The van der Waals surface area contributed by atoms with Crippen LogP contribution in [0.2, 0.25) is 0 Å². The van der Waals surface area contributed by atoms with Crippen LogP contribution in [0.5, 0.6) is 0 Å². The number of carboxylic acids is 2. The maximum atomic E-state index is 14.4. The average molecular weight is 1020 g/mol. The lowest BCUT2D eigenvalue weighted by Crippen LogP contribution is -2.55. The lowest BCUT2D eigenvalue weighted by molar-refractivity contribution is -0.385. The highest BCUT2D eigenvalue weighted by Crippen LogP contribution is 2.29. The van der Waals surface area contributed by atoms with Crippen LogP contribution < -0.4 is 27.0 Å². The van der Waals surface area contributed by atoms with Crippen molar-refractivity contribution < 1.29 is 67.9 Å². The SMILES string of the molecule is NC(=O)CC[C@H](NC(=O)CCCCCNC(=O)CN1CCN(CC(=O)O)CCN(CC(=O)O)CC1)C(=O)N[C@@H](Cc1c[nH]c2ccccc12)C(=O)NC(CC(=O)ON1C(=O)CCC1=O)c1ccccc1[N+](=O)[O-]. The zero-order valence-corrected chi connectivity index (χ0v) is 40.1. The fourth-order valence-corrected chi connectivity index (χ4v) is 8.36. The first kappa shape index (κ1) is 56.1. The Morgan fingerprint density at radius 1 is 0.726 bits per heavy atom. The molecular weight excluding hydrogens is 959 g/mol. The number of nitrogens with zero attached hydrogens (tertiary/aromatic N) is 5. The smallest absolute Gasteiger partial charge is 0.335 e. The number of aromatic nitrogens is 1. The van der Waals surface area contributed by atoms with E-state index in [4.69, 9.17) is 10.6 Å². The summed E-state index contributed by atoms with van der Waals surface area (Å²) in [5.41, 5.74) is 6.05. The van der Waals surface area contributed by atoms with Gasteiger partial charge in [0.05, 0.1) is 42.6 Å². The number of unbranched alkanes of at least 4 members (excludes halogenated alkanes) is 2. The molecule has 1 unspecified atom stereocenters. The highest BCUT2D eigenvalue weighted by Gasteiger charge is 2.36. The standard InChI is InChI=1S/C47H61N11O15/c48-38(59)14-13-34(51-39(60)12-2-1-7-17-49-40(61)27-54-18-20-55(28-43(64)65)22-23-56(21-19-54)29-44(66)67)46(69)53-36(24-30-26-50-33-10-5-3-8-31(30)33)47(70)52-35(32-9-4-6-11-37(32)58(71)72)25-45(68)73-57-41(62)15-16-42(57)63/h3-6,8-11,26,34-36,50H,1-2,7,12-25,27-29H2,(H2,48,59)(H,49,61)(H,51,60)(H,52,70)(H,53,69)(H,64,65)(H,66,67)/t34-,35?,36-/m0/s1. The van der Waals surface area contributed by atoms with Crippen LogP contribution in [0.15, 0.2) is 54.7 Å². The van der Waals surface area contributed by atoms with Crippen molar-refractivity contribution in [2.24, 2.45) is 5.73 Å². The number of imide groups is 1. The molecule has 0 aliphatic carbocycles. The van der Waals surface area contributed by atoms with Gasteiger partial charge in [0.1, 0.15) is 12.1 Å². The average Bonchev–Trinajstić information content (AvgIpc) is 3.91. The van der Waals surface area contributed by atoms with Crippen LogP contribution in [0, 0.1) is 10.1 Å². The van der Waals surface area contributed by atoms with Crippen molar-refractivity contribution in [3.8, 4) is 0 Å². The number of hydrogen-bond acceptors (Lipinski definition) is 16. The summed E-state index contributed by atoms with van der Waals surface area (Å²) in [7, 11) is 0. The minimum absolute atomic E-state index is 0.000739. The number of nitro groups is 1. The number of aliphatic carboxylic acids is 2. The van der Waals surface area contributed by atoms with E-state index in [9.17, 15) is 68.3 Å². The van der Waals surface area contributed by atoms with Gasteiger partial charge in [-0.25, -0.2) is 4.79 Å². The van der Waals surface area contributed by atoms with Gasteiger partial charge < -0.3 is 47.0 Å². The predicted octanol–water partition coefficient (Wildman–Crippen LogP) is -0.526. The van der Waals surface area contributed by atoms with Crippen LogP contribution in [0.1, 0.15) is 75.0 Å². The van der Waals surface area contributed by atoms with Gasteiger partial charge in [-0.1, -0.05) is 42.8 Å². The Bertz CT molecular complexity index is 2470. The fourth-order valence-electron chi connectivity index (χ4n) is 8.36. The van der Waals surface area contributed by atoms with Crippen LogP contribution in [0.25, 0.3) is 10.9 Å². The Balaban J connectivity index is 1.21. The van der Waals surface area contributed by atoms with Crippen molar-refractivity contribution in [2.45, 2.75) is 82.3 Å². The number of carboxylic acid groups (broad SMARTS) is 2. The summed E-state index contributed by atoms with van der Waals surface area (Å²) in [5.74, 6) is -8.22. The highest BCUT2D eigenvalue weighted by atomic mass is 16.7. The molecule has 73 heavy (non-hydrogen) atoms. The first-order valence-electron chi connectivity index (χ1n) is 23.8. The number of nitrogens with two attached hydrogens (primary N) is 1. The number of benzene rings is 2. The van der Waals surface area contributed by atoms with Crippen molar-refractivity contribution in [3.63, 3.8) is 0 Å². The van der Waals surface area contributed by atoms with E-state index in [0.717, 1.165) is 6.07 Å². The second-order valence-electron chi connectivity index (χ2n) is 17.7. The Kier molecular flexibility index (Phi) is 21.3. The predicted molar refractivity (Wildman–Crippen MR) is 256 cm³/mol. The van der Waals surface area contributed by atoms with Crippen molar-refractivity contribution in [1.82, 2.24) is 46.0 Å². The first-order valence-corrected chi connectivity index (χ1v) is 23.8. The molecule has 394 valence electrons. The summed E-state index contributed by atoms with van der Waals surface area (Å²) in [6.07, 6.45) is 0.873. The van der Waals surface area contributed by atoms with E-state index in [1.807, 2.05) is 4.90 Å². The van der Waals surface area contributed by atoms with Crippen LogP contribution in [-0.2, 0) is 59.2 Å². The molecule has 2 fully saturated rings. The quantitative estimate of drug-likeness (QED) is 0.0206. The van der Waals surface area contributed by atoms with E-state index >= 15 is 0 Å². The number of carbonyl (C=O) groups is 10. The van der Waals surface area contributed by atoms with Gasteiger partial charge in [0.15, 0.2) is 0 Å². The van der Waals surface area contributed by atoms with Gasteiger partial charge in [-0.2, -0.15) is 0 Å². The second-order valence-corrected chi connectivity index (χ2v) is 17.7. The fraction of sp³-hybridized carbons (Fsp3) is 0.489. The third kappa shape index (κ3) is 18.1. The largest absolute Gasteiger partial charge is 0.480 e. The van der Waals surface area contributed by atoms with E-state index < -0.39 is 88.5 Å². The van der Waals surface area contributed by atoms with Crippen molar-refractivity contribution in [3.05, 3.63) is 76.0 Å². The minimum atomic E-state index is -1.50. The monoisotopic (exact) mass is 1020 g/mol. The molecular formula is C47H61N11O15. The zero-order chi connectivity index (χ0) is 53.0. The molecule has 0 spiro atoms. The second kappa shape index (κ2) is 27.7. The Morgan fingerprint density at radius 3 is 1.93 bits per heavy atom. The number of fused-ring (bicyclic) bond motifs is 1. The number of hydrogen-bond donors (Lipinski definition) is 8. The summed E-state index contributed by atoms with van der Waals surface area (Å²) in [6, 6.07) is 7.96. The number of nitro benzene ring substituents is 1. The molecule has 3 atom stereocenters. The van der Waals surface area contributed by atoms with E-state index in [-0.39, 0.29) is 76.2 Å². The summed E-state index contributed by atoms with van der Waals surface area (Å²) in [5, 5.41) is 42.4. The molecule has 2 saturated heterocycles. The zero-order valence-electron chi connectivity index (χ0n) is 40.1. The maximum Gasteiger partial charge on any atom is 0.335 e. The van der Waals surface area contributed by atoms with E-state index in [1.54, 1.807) is 40.3 Å². The van der Waals surface area contributed by atoms with Gasteiger partial charge >= 0.3 is 17.9 Å². The van der Waals surface area contributed by atoms with E-state index in [2.05, 4.69) is 26.3 Å². The topological polar surface area (TPSA) is 366 Å². The number of aromatic amines is 1. The molecule has 2 aliphatic rings. The number of carbonyl (C=O) groups excluding carboxylic acids is 8. The van der Waals surface area contributed by atoms with Crippen molar-refractivity contribution in [1.29, 1.82) is 0 Å². The molecule has 3 aromatic rings. The molecule has 0 bridgehead atoms. The molecule has 5 rings (SSSR count). The molecule has 7 amide bonds. The normalized spacial score (nSPS) is 16.0. The van der Waals surface area contributed by atoms with Crippen LogP contribution in [0.3, 0.4) is 0 Å². The van der Waals surface area contributed by atoms with Gasteiger partial charge in [-0.15, -0.1) is 5.06 Å². The maximum absolute atomic E-state index is 14.4. The molecule has 0 radical (unpaired) electrons. The first-order chi connectivity index (χ1) is 34.9. The van der Waals surface area contributed by atoms with E-state index in [0.29, 0.717) is 80.1 Å². The summed E-state index contributed by atoms with van der Waals surface area (Å²) in [4.78, 5) is 152. The molecule has 2 aliphatic heterocycles. The van der Waals surface area contributed by atoms with Crippen LogP contribution in [0.4, 0.5) is 5.69 Å².